The second kappa shape index (κ2) is 5.38. The molecule has 2 aromatic heterocycles. The van der Waals surface area contributed by atoms with Crippen LogP contribution in [0.2, 0.25) is 5.28 Å². The van der Waals surface area contributed by atoms with Crippen LogP contribution in [0.25, 0.3) is 10.2 Å². The number of thiophene rings is 1. The maximum atomic E-state index is 5.88. The lowest BCUT2D eigenvalue weighted by Gasteiger charge is -2.07. The van der Waals surface area contributed by atoms with Crippen LogP contribution in [0, 0.1) is 5.92 Å². The number of aromatic nitrogens is 2. The Morgan fingerprint density at radius 2 is 2.33 bits per heavy atom. The molecule has 2 aromatic rings. The number of nitrogens with one attached hydrogen (secondary N) is 1. The van der Waals surface area contributed by atoms with E-state index in [1.54, 1.807) is 11.3 Å². The van der Waals surface area contributed by atoms with Gasteiger partial charge < -0.3 is 10.1 Å². The zero-order chi connectivity index (χ0) is 12.4. The van der Waals surface area contributed by atoms with Gasteiger partial charge in [-0.25, -0.2) is 9.97 Å². The van der Waals surface area contributed by atoms with Crippen LogP contribution >= 0.6 is 22.9 Å². The minimum absolute atomic E-state index is 0.284. The van der Waals surface area contributed by atoms with Crippen molar-refractivity contribution in [2.45, 2.75) is 12.8 Å². The van der Waals surface area contributed by atoms with Gasteiger partial charge in [0.15, 0.2) is 0 Å². The SMILES string of the molecule is Clc1nc(NCCOCC2CC2)c2ccsc2n1. The zero-order valence-electron chi connectivity index (χ0n) is 9.86. The third-order valence-electron chi connectivity index (χ3n) is 2.89. The van der Waals surface area contributed by atoms with E-state index in [0.717, 1.165) is 35.1 Å². The first-order valence-corrected chi connectivity index (χ1v) is 7.31. The molecule has 1 aliphatic carbocycles. The molecular formula is C12H14ClN3OS. The average Bonchev–Trinajstić information content (AvgIpc) is 3.05. The molecule has 96 valence electrons. The highest BCUT2D eigenvalue weighted by Crippen LogP contribution is 2.29. The van der Waals surface area contributed by atoms with Gasteiger partial charge >= 0.3 is 0 Å². The fraction of sp³-hybridized carbons (Fsp3) is 0.500. The van der Waals surface area contributed by atoms with E-state index < -0.39 is 0 Å². The topological polar surface area (TPSA) is 47.0 Å². The zero-order valence-corrected chi connectivity index (χ0v) is 11.4. The summed E-state index contributed by atoms with van der Waals surface area (Å²) in [7, 11) is 0. The van der Waals surface area contributed by atoms with Gasteiger partial charge in [0.1, 0.15) is 10.6 Å². The highest BCUT2D eigenvalue weighted by molar-refractivity contribution is 7.16. The van der Waals surface area contributed by atoms with Crippen molar-refractivity contribution >= 4 is 39.0 Å². The van der Waals surface area contributed by atoms with Crippen LogP contribution in [-0.2, 0) is 4.74 Å². The van der Waals surface area contributed by atoms with Crippen LogP contribution < -0.4 is 5.32 Å². The van der Waals surface area contributed by atoms with Gasteiger partial charge in [0.2, 0.25) is 5.28 Å². The number of rotatable bonds is 6. The lowest BCUT2D eigenvalue weighted by Crippen LogP contribution is -2.11. The molecule has 0 bridgehead atoms. The Bertz CT molecular complexity index is 541. The third-order valence-corrected chi connectivity index (χ3v) is 3.86. The first-order chi connectivity index (χ1) is 8.83. The maximum Gasteiger partial charge on any atom is 0.225 e. The van der Waals surface area contributed by atoms with E-state index in [1.807, 2.05) is 11.4 Å². The molecule has 0 spiro atoms. The molecule has 0 aliphatic heterocycles. The molecule has 0 atom stereocenters. The largest absolute Gasteiger partial charge is 0.379 e. The Labute approximate surface area is 114 Å². The summed E-state index contributed by atoms with van der Waals surface area (Å²) in [6, 6.07) is 2.00. The molecule has 0 unspecified atom stereocenters. The monoisotopic (exact) mass is 283 g/mol. The predicted octanol–water partition coefficient (Wildman–Crippen LogP) is 3.18. The lowest BCUT2D eigenvalue weighted by molar-refractivity contribution is 0.134. The van der Waals surface area contributed by atoms with Gasteiger partial charge in [-0.1, -0.05) is 0 Å². The van der Waals surface area contributed by atoms with Crippen molar-refractivity contribution in [3.63, 3.8) is 0 Å². The molecule has 4 nitrogen and oxygen atoms in total. The van der Waals surface area contributed by atoms with E-state index >= 15 is 0 Å². The molecule has 0 radical (unpaired) electrons. The Hall–Kier alpha value is -0.910. The van der Waals surface area contributed by atoms with Crippen LogP contribution in [0.1, 0.15) is 12.8 Å². The third kappa shape index (κ3) is 2.91. The van der Waals surface area contributed by atoms with Crippen LogP contribution in [0.15, 0.2) is 11.4 Å². The molecule has 2 heterocycles. The summed E-state index contributed by atoms with van der Waals surface area (Å²) in [5, 5.41) is 6.55. The molecule has 1 aliphatic rings. The summed E-state index contributed by atoms with van der Waals surface area (Å²) in [6.07, 6.45) is 2.65. The molecule has 1 N–H and O–H groups in total. The Balaban J connectivity index is 1.57. The number of halogens is 1. The summed E-state index contributed by atoms with van der Waals surface area (Å²) in [5.74, 6) is 1.60. The molecule has 1 fully saturated rings. The minimum atomic E-state index is 0.284. The van der Waals surface area contributed by atoms with Gasteiger partial charge in [-0.15, -0.1) is 11.3 Å². The van der Waals surface area contributed by atoms with Crippen LogP contribution in [0.3, 0.4) is 0 Å². The fourth-order valence-electron chi connectivity index (χ4n) is 1.74. The average molecular weight is 284 g/mol. The molecule has 0 aromatic carbocycles. The summed E-state index contributed by atoms with van der Waals surface area (Å²) >= 11 is 7.45. The number of nitrogens with zero attached hydrogens (tertiary/aromatic N) is 2. The molecule has 0 saturated heterocycles. The van der Waals surface area contributed by atoms with Crippen molar-refractivity contribution in [3.8, 4) is 0 Å². The number of anilines is 1. The molecule has 1 saturated carbocycles. The van der Waals surface area contributed by atoms with Crippen molar-refractivity contribution in [3.05, 3.63) is 16.7 Å². The Kier molecular flexibility index (Phi) is 3.63. The van der Waals surface area contributed by atoms with E-state index in [2.05, 4.69) is 15.3 Å². The predicted molar refractivity (Wildman–Crippen MR) is 74.5 cm³/mol. The fourth-order valence-corrected chi connectivity index (χ4v) is 2.72. The van der Waals surface area contributed by atoms with Crippen LogP contribution in [-0.4, -0.2) is 29.7 Å². The van der Waals surface area contributed by atoms with E-state index in [-0.39, 0.29) is 5.28 Å². The Morgan fingerprint density at radius 3 is 3.17 bits per heavy atom. The summed E-state index contributed by atoms with van der Waals surface area (Å²) in [4.78, 5) is 9.30. The van der Waals surface area contributed by atoms with E-state index in [4.69, 9.17) is 16.3 Å². The summed E-state index contributed by atoms with van der Waals surface area (Å²) in [5.41, 5.74) is 0. The molecule has 3 rings (SSSR count). The normalized spacial score (nSPS) is 15.2. The second-order valence-electron chi connectivity index (χ2n) is 4.43. The maximum absolute atomic E-state index is 5.88. The highest BCUT2D eigenvalue weighted by atomic mass is 35.5. The van der Waals surface area contributed by atoms with E-state index in [9.17, 15) is 0 Å². The number of ether oxygens (including phenoxy) is 1. The molecular weight excluding hydrogens is 270 g/mol. The van der Waals surface area contributed by atoms with Gasteiger partial charge in [-0.2, -0.15) is 0 Å². The van der Waals surface area contributed by atoms with E-state index in [0.29, 0.717) is 6.61 Å². The first kappa shape index (κ1) is 12.1. The number of hydrogen-bond acceptors (Lipinski definition) is 5. The van der Waals surface area contributed by atoms with Gasteiger partial charge in [0.25, 0.3) is 0 Å². The van der Waals surface area contributed by atoms with Crippen LogP contribution in [0.4, 0.5) is 5.82 Å². The van der Waals surface area contributed by atoms with Gasteiger partial charge in [-0.05, 0) is 41.8 Å². The van der Waals surface area contributed by atoms with Crippen molar-refractivity contribution in [1.29, 1.82) is 0 Å². The highest BCUT2D eigenvalue weighted by Gasteiger charge is 2.20. The number of hydrogen-bond donors (Lipinski definition) is 1. The quantitative estimate of drug-likeness (QED) is 0.653. The van der Waals surface area contributed by atoms with Crippen LogP contribution in [0.5, 0.6) is 0 Å². The van der Waals surface area contributed by atoms with Crippen molar-refractivity contribution in [2.75, 3.05) is 25.1 Å². The smallest absolute Gasteiger partial charge is 0.225 e. The molecule has 6 heteroatoms. The van der Waals surface area contributed by atoms with Gasteiger partial charge in [-0.3, -0.25) is 0 Å². The standard InChI is InChI=1S/C12H14ClN3OS/c13-12-15-10(9-3-6-18-11(9)16-12)14-4-5-17-7-8-1-2-8/h3,6,8H,1-2,4-5,7H2,(H,14,15,16). The van der Waals surface area contributed by atoms with E-state index in [1.165, 1.54) is 12.8 Å². The Morgan fingerprint density at radius 1 is 1.44 bits per heavy atom. The second-order valence-corrected chi connectivity index (χ2v) is 5.66. The number of fused-ring (bicyclic) bond motifs is 1. The lowest BCUT2D eigenvalue weighted by atomic mass is 10.4. The van der Waals surface area contributed by atoms with Crippen molar-refractivity contribution < 1.29 is 4.74 Å². The van der Waals surface area contributed by atoms with Crippen molar-refractivity contribution in [1.82, 2.24) is 9.97 Å². The van der Waals surface area contributed by atoms with Crippen molar-refractivity contribution in [2.24, 2.45) is 5.92 Å². The molecule has 18 heavy (non-hydrogen) atoms. The summed E-state index contributed by atoms with van der Waals surface area (Å²) < 4.78 is 5.57. The minimum Gasteiger partial charge on any atom is -0.379 e. The first-order valence-electron chi connectivity index (χ1n) is 6.05. The summed E-state index contributed by atoms with van der Waals surface area (Å²) in [6.45, 7) is 2.33. The molecule has 0 amide bonds. The van der Waals surface area contributed by atoms with Gasteiger partial charge in [0, 0.05) is 13.2 Å². The van der Waals surface area contributed by atoms with Gasteiger partial charge in [0.05, 0.1) is 12.0 Å².